The number of nitrogens with one attached hydrogen (secondary N) is 1. The average Bonchev–Trinajstić information content (AvgIpc) is 2.96. The van der Waals surface area contributed by atoms with Crippen LogP contribution in [-0.4, -0.2) is 45.4 Å². The van der Waals surface area contributed by atoms with Crippen molar-refractivity contribution in [2.75, 3.05) is 11.9 Å². The first kappa shape index (κ1) is 11.0. The molecule has 0 spiro atoms. The van der Waals surface area contributed by atoms with E-state index in [-0.39, 0.29) is 11.4 Å². The Morgan fingerprint density at radius 1 is 1.47 bits per heavy atom. The third kappa shape index (κ3) is 1.19. The normalized spacial score (nSPS) is 32.3. The first-order valence-corrected chi connectivity index (χ1v) is 6.75. The number of nitrogens with zero attached hydrogens (tertiary/aromatic N) is 4. The first-order chi connectivity index (χ1) is 9.01. The number of H-pyrrole nitrogens is 1. The minimum absolute atomic E-state index is 0.0471. The second kappa shape index (κ2) is 3.18. The highest BCUT2D eigenvalue weighted by atomic mass is 16.2. The van der Waals surface area contributed by atoms with Crippen LogP contribution in [0.25, 0.3) is 0 Å². The van der Waals surface area contributed by atoms with Gasteiger partial charge in [0, 0.05) is 7.05 Å². The Labute approximate surface area is 111 Å². The van der Waals surface area contributed by atoms with Crippen molar-refractivity contribution in [2.24, 2.45) is 4.99 Å². The lowest BCUT2D eigenvalue weighted by atomic mass is 9.97. The van der Waals surface area contributed by atoms with Crippen molar-refractivity contribution in [3.8, 4) is 0 Å². The van der Waals surface area contributed by atoms with Crippen molar-refractivity contribution in [2.45, 2.75) is 44.7 Å². The molecule has 0 saturated heterocycles. The maximum Gasteiger partial charge on any atom is 0.280 e. The molecule has 1 aliphatic carbocycles. The minimum atomic E-state index is -0.0711. The number of anilines is 1. The van der Waals surface area contributed by atoms with Crippen molar-refractivity contribution in [1.29, 1.82) is 0 Å². The second-order valence-corrected chi connectivity index (χ2v) is 5.93. The van der Waals surface area contributed by atoms with Gasteiger partial charge in [0.1, 0.15) is 11.5 Å². The number of rotatable bonds is 0. The molecule has 1 amide bonds. The molecule has 0 bridgehead atoms. The molecule has 4 rings (SSSR count). The molecule has 1 N–H and O–H groups in total. The lowest BCUT2D eigenvalue weighted by Crippen LogP contribution is -2.52. The number of carbonyl (C=O) groups excluding carboxylic acids is 1. The Morgan fingerprint density at radius 3 is 3.05 bits per heavy atom. The summed E-state index contributed by atoms with van der Waals surface area (Å²) in [7, 11) is 1.79. The number of imidazole rings is 1. The molecule has 1 saturated carbocycles. The molecule has 1 fully saturated rings. The van der Waals surface area contributed by atoms with Crippen molar-refractivity contribution in [3.63, 3.8) is 0 Å². The Kier molecular flexibility index (Phi) is 1.84. The maximum absolute atomic E-state index is 12.3. The lowest BCUT2D eigenvalue weighted by Gasteiger charge is -2.34. The van der Waals surface area contributed by atoms with E-state index in [1.54, 1.807) is 11.9 Å². The molecule has 0 aromatic carbocycles. The largest absolute Gasteiger partial charge is 0.336 e. The molecule has 1 aromatic rings. The molecule has 6 nitrogen and oxygen atoms in total. The van der Waals surface area contributed by atoms with Gasteiger partial charge in [-0.05, 0) is 33.1 Å². The number of carbonyl (C=O) groups is 1. The molecule has 6 heteroatoms. The third-order valence-electron chi connectivity index (χ3n) is 4.61. The van der Waals surface area contributed by atoms with Gasteiger partial charge >= 0.3 is 0 Å². The minimum Gasteiger partial charge on any atom is -0.336 e. The summed E-state index contributed by atoms with van der Waals surface area (Å²) in [5.41, 5.74) is 0.522. The highest BCUT2D eigenvalue weighted by Gasteiger charge is 2.53. The number of hydrogen-bond acceptors (Lipinski definition) is 4. The van der Waals surface area contributed by atoms with Gasteiger partial charge in [-0.2, -0.15) is 0 Å². The third-order valence-corrected chi connectivity index (χ3v) is 4.61. The quantitative estimate of drug-likeness (QED) is 0.763. The summed E-state index contributed by atoms with van der Waals surface area (Å²) in [6.45, 7) is 4.07. The number of aromatic nitrogens is 2. The molecule has 3 heterocycles. The van der Waals surface area contributed by atoms with Gasteiger partial charge in [0.05, 0.1) is 11.6 Å². The van der Waals surface area contributed by atoms with E-state index in [1.165, 1.54) is 6.42 Å². The number of aromatic amines is 1. The van der Waals surface area contributed by atoms with Gasteiger partial charge in [-0.1, -0.05) is 0 Å². The van der Waals surface area contributed by atoms with Crippen LogP contribution in [0.4, 0.5) is 5.82 Å². The lowest BCUT2D eigenvalue weighted by molar-refractivity contribution is 0.0860. The Bertz CT molecular complexity index is 619. The molecule has 1 aromatic heterocycles. The fourth-order valence-corrected chi connectivity index (χ4v) is 3.63. The van der Waals surface area contributed by atoms with E-state index in [2.05, 4.69) is 21.8 Å². The zero-order chi connectivity index (χ0) is 13.4. The van der Waals surface area contributed by atoms with Crippen molar-refractivity contribution < 1.29 is 4.79 Å². The summed E-state index contributed by atoms with van der Waals surface area (Å²) in [5.74, 6) is 2.25. The van der Waals surface area contributed by atoms with Crippen LogP contribution >= 0.6 is 0 Å². The predicted octanol–water partition coefficient (Wildman–Crippen LogP) is 1.29. The van der Waals surface area contributed by atoms with Gasteiger partial charge in [0.2, 0.25) is 5.96 Å². The van der Waals surface area contributed by atoms with Crippen LogP contribution in [0.1, 0.15) is 42.5 Å². The molecule has 19 heavy (non-hydrogen) atoms. The summed E-state index contributed by atoms with van der Waals surface area (Å²) < 4.78 is 0. The molecule has 3 aliphatic rings. The van der Waals surface area contributed by atoms with Gasteiger partial charge in [0.15, 0.2) is 5.82 Å². The van der Waals surface area contributed by atoms with E-state index in [1.807, 2.05) is 6.92 Å². The van der Waals surface area contributed by atoms with Crippen LogP contribution in [-0.2, 0) is 0 Å². The number of amides is 1. The molecule has 0 radical (unpaired) electrons. The van der Waals surface area contributed by atoms with Gasteiger partial charge in [-0.25, -0.2) is 9.98 Å². The number of aliphatic imine (C=N–C) groups is 1. The van der Waals surface area contributed by atoms with Crippen LogP contribution in [0.2, 0.25) is 0 Å². The number of guanidine groups is 1. The van der Waals surface area contributed by atoms with Crippen LogP contribution in [0.15, 0.2) is 4.99 Å². The Hall–Kier alpha value is -1.85. The molecule has 0 unspecified atom stereocenters. The van der Waals surface area contributed by atoms with Crippen molar-refractivity contribution in [1.82, 2.24) is 14.9 Å². The maximum atomic E-state index is 12.3. The van der Waals surface area contributed by atoms with Crippen LogP contribution in [0.3, 0.4) is 0 Å². The summed E-state index contributed by atoms with van der Waals surface area (Å²) in [5, 5.41) is 0. The number of aryl methyl sites for hydroxylation is 1. The smallest absolute Gasteiger partial charge is 0.280 e. The molecular formula is C13H17N5O. The average molecular weight is 259 g/mol. The highest BCUT2D eigenvalue weighted by molar-refractivity contribution is 6.18. The highest BCUT2D eigenvalue weighted by Crippen LogP contribution is 2.45. The Balaban J connectivity index is 1.94. The van der Waals surface area contributed by atoms with E-state index in [0.717, 1.165) is 30.4 Å². The predicted molar refractivity (Wildman–Crippen MR) is 71.4 cm³/mol. The number of hydrogen-bond donors (Lipinski definition) is 1. The SMILES string of the molecule is Cc1nc2c([nH]1)C(=O)N(C)C1=N[C@@]3(C)CCC[C@H]3N12. The van der Waals surface area contributed by atoms with E-state index in [4.69, 9.17) is 4.99 Å². The molecular weight excluding hydrogens is 242 g/mol. The van der Waals surface area contributed by atoms with Gasteiger partial charge < -0.3 is 4.98 Å². The fraction of sp³-hybridized carbons (Fsp3) is 0.615. The monoisotopic (exact) mass is 259 g/mol. The van der Waals surface area contributed by atoms with Gasteiger partial charge in [-0.3, -0.25) is 14.6 Å². The van der Waals surface area contributed by atoms with Crippen LogP contribution in [0, 0.1) is 6.92 Å². The van der Waals surface area contributed by atoms with E-state index >= 15 is 0 Å². The fourth-order valence-electron chi connectivity index (χ4n) is 3.63. The summed E-state index contributed by atoms with van der Waals surface area (Å²) in [4.78, 5) is 28.6. The van der Waals surface area contributed by atoms with Crippen molar-refractivity contribution in [3.05, 3.63) is 11.5 Å². The molecule has 2 aliphatic heterocycles. The topological polar surface area (TPSA) is 64.6 Å². The van der Waals surface area contributed by atoms with E-state index in [0.29, 0.717) is 11.7 Å². The summed E-state index contributed by atoms with van der Waals surface area (Å²) in [6.07, 6.45) is 3.38. The standard InChI is InChI=1S/C13H17N5O/c1-7-14-9-10(15-7)18-8-5-4-6-13(8,2)16-12(18)17(3)11(9)19/h8H,4-6H2,1-3H3,(H,14,15)/t8-,13+/m1/s1. The van der Waals surface area contributed by atoms with Gasteiger partial charge in [-0.15, -0.1) is 0 Å². The van der Waals surface area contributed by atoms with Crippen molar-refractivity contribution >= 4 is 17.7 Å². The Morgan fingerprint density at radius 2 is 2.26 bits per heavy atom. The number of fused-ring (bicyclic) bond motifs is 5. The van der Waals surface area contributed by atoms with E-state index < -0.39 is 0 Å². The summed E-state index contributed by atoms with van der Waals surface area (Å²) in [6, 6.07) is 0.333. The zero-order valence-corrected chi connectivity index (χ0v) is 11.4. The summed E-state index contributed by atoms with van der Waals surface area (Å²) >= 11 is 0. The molecule has 2 atom stereocenters. The van der Waals surface area contributed by atoms with Gasteiger partial charge in [0.25, 0.3) is 5.91 Å². The van der Waals surface area contributed by atoms with Crippen LogP contribution in [0.5, 0.6) is 0 Å². The van der Waals surface area contributed by atoms with E-state index in [9.17, 15) is 4.79 Å². The van der Waals surface area contributed by atoms with Crippen LogP contribution < -0.4 is 4.90 Å². The molecule has 100 valence electrons. The first-order valence-electron chi connectivity index (χ1n) is 6.75. The second-order valence-electron chi connectivity index (χ2n) is 5.93. The zero-order valence-electron chi connectivity index (χ0n) is 11.4.